The first-order valence-corrected chi connectivity index (χ1v) is 6.31. The minimum Gasteiger partial charge on any atom is -0.478 e. The maximum atomic E-state index is 11.0. The molecule has 1 saturated carbocycles. The number of aromatic nitrogens is 1. The number of carbonyl (C=O) groups is 1. The minimum atomic E-state index is -0.978. The molecule has 1 aliphatic carbocycles. The lowest BCUT2D eigenvalue weighted by atomic mass is 10.2. The van der Waals surface area contributed by atoms with Crippen molar-refractivity contribution in [3.05, 3.63) is 50.5 Å². The van der Waals surface area contributed by atoms with Crippen LogP contribution in [-0.4, -0.2) is 21.9 Å². The van der Waals surface area contributed by atoms with Gasteiger partial charge in [-0.2, -0.15) is 4.68 Å². The van der Waals surface area contributed by atoms with Crippen LogP contribution in [0.15, 0.2) is 33.9 Å². The Balaban J connectivity index is 1.70. The van der Waals surface area contributed by atoms with Crippen molar-refractivity contribution in [3.8, 4) is 0 Å². The van der Waals surface area contributed by atoms with Gasteiger partial charge in [-0.1, -0.05) is 0 Å². The van der Waals surface area contributed by atoms with Crippen molar-refractivity contribution in [2.24, 2.45) is 5.92 Å². The Bertz CT molecular complexity index is 682. The Hall–Kier alpha value is -2.57. The number of carboxylic acids is 1. The highest BCUT2D eigenvalue weighted by Crippen LogP contribution is 2.33. The van der Waals surface area contributed by atoms with Gasteiger partial charge in [0.2, 0.25) is 0 Å². The molecule has 1 heterocycles. The van der Waals surface area contributed by atoms with E-state index in [-0.39, 0.29) is 11.7 Å². The topological polar surface area (TPSA) is 100 Å². The molecule has 2 aromatic rings. The highest BCUT2D eigenvalue weighted by atomic mass is 16.4. The van der Waals surface area contributed by atoms with Crippen molar-refractivity contribution < 1.29 is 9.90 Å². The molecule has 7 heteroatoms. The molecule has 0 aliphatic heterocycles. The Morgan fingerprint density at radius 2 is 1.80 bits per heavy atom. The molecule has 3 rings (SSSR count). The third-order valence-corrected chi connectivity index (χ3v) is 3.35. The second-order valence-electron chi connectivity index (χ2n) is 4.92. The number of nitrogens with one attached hydrogen (secondary N) is 2. The van der Waals surface area contributed by atoms with Crippen LogP contribution in [0.25, 0.3) is 0 Å². The van der Waals surface area contributed by atoms with Crippen LogP contribution >= 0.6 is 0 Å². The number of hydrogen-bond donors (Lipinski definition) is 3. The highest BCUT2D eigenvalue weighted by molar-refractivity contribution is 5.88. The van der Waals surface area contributed by atoms with Gasteiger partial charge >= 0.3 is 17.1 Å². The van der Waals surface area contributed by atoms with Gasteiger partial charge in [-0.05, 0) is 43.0 Å². The predicted octanol–water partition coefficient (Wildman–Crippen LogP) is 0.174. The van der Waals surface area contributed by atoms with Crippen molar-refractivity contribution in [2.45, 2.75) is 19.0 Å². The van der Waals surface area contributed by atoms with E-state index in [1.165, 1.54) is 12.1 Å². The van der Waals surface area contributed by atoms with Crippen molar-refractivity contribution in [1.82, 2.24) is 4.68 Å². The molecule has 104 valence electrons. The fraction of sp³-hybridized carbons (Fsp3) is 0.308. The van der Waals surface area contributed by atoms with Gasteiger partial charge in [0.05, 0.1) is 5.56 Å². The number of rotatable bonds is 6. The van der Waals surface area contributed by atoms with E-state index in [0.29, 0.717) is 5.92 Å². The van der Waals surface area contributed by atoms with Gasteiger partial charge < -0.3 is 10.4 Å². The average Bonchev–Trinajstić information content (AvgIpc) is 3.34. The number of benzene rings is 1. The van der Waals surface area contributed by atoms with Crippen LogP contribution in [0.4, 0.5) is 5.69 Å². The lowest BCUT2D eigenvalue weighted by Gasteiger charge is -2.20. The van der Waals surface area contributed by atoms with Gasteiger partial charge in [0.25, 0.3) is 0 Å². The van der Waals surface area contributed by atoms with E-state index in [9.17, 15) is 14.4 Å². The third kappa shape index (κ3) is 2.42. The normalized spacial score (nSPS) is 16.0. The summed E-state index contributed by atoms with van der Waals surface area (Å²) < 4.78 is 0.988. The van der Waals surface area contributed by atoms with E-state index in [1.807, 2.05) is 0 Å². The van der Waals surface area contributed by atoms with E-state index < -0.39 is 17.1 Å². The van der Waals surface area contributed by atoms with Gasteiger partial charge in [0.1, 0.15) is 6.17 Å². The van der Waals surface area contributed by atoms with Gasteiger partial charge in [0, 0.05) is 5.69 Å². The van der Waals surface area contributed by atoms with E-state index >= 15 is 0 Å². The van der Waals surface area contributed by atoms with Crippen molar-refractivity contribution in [2.75, 3.05) is 10.7 Å². The lowest BCUT2D eigenvalue weighted by molar-refractivity contribution is 0.0697. The van der Waals surface area contributed by atoms with Crippen LogP contribution in [0.3, 0.4) is 0 Å². The maximum absolute atomic E-state index is 11.0. The summed E-state index contributed by atoms with van der Waals surface area (Å²) >= 11 is 0. The van der Waals surface area contributed by atoms with Crippen LogP contribution in [-0.2, 0) is 0 Å². The molecule has 0 bridgehead atoms. The van der Waals surface area contributed by atoms with Gasteiger partial charge in [-0.3, -0.25) is 15.0 Å². The quantitative estimate of drug-likeness (QED) is 0.513. The highest BCUT2D eigenvalue weighted by Gasteiger charge is 2.33. The van der Waals surface area contributed by atoms with Gasteiger partial charge in [0.15, 0.2) is 0 Å². The molecule has 1 aliphatic rings. The molecule has 20 heavy (non-hydrogen) atoms. The smallest absolute Gasteiger partial charge is 0.340 e. The zero-order valence-corrected chi connectivity index (χ0v) is 10.5. The standard InChI is InChI=1S/C13H13N3O4/c17-11-12(18)16(11)15-10(7-1-2-7)14-9-5-3-8(4-6-9)13(19)20/h3-7,10,14-15H,1-2H2,(H,19,20). The summed E-state index contributed by atoms with van der Waals surface area (Å²) in [6.07, 6.45) is 1.84. The molecule has 1 unspecified atom stereocenters. The fourth-order valence-electron chi connectivity index (χ4n) is 1.96. The van der Waals surface area contributed by atoms with Crippen LogP contribution < -0.4 is 21.9 Å². The summed E-state index contributed by atoms with van der Waals surface area (Å²) in [5.74, 6) is -0.621. The first-order valence-electron chi connectivity index (χ1n) is 6.31. The number of aromatic carboxylic acids is 1. The summed E-state index contributed by atoms with van der Waals surface area (Å²) in [4.78, 5) is 32.7. The third-order valence-electron chi connectivity index (χ3n) is 3.35. The Morgan fingerprint density at radius 3 is 2.25 bits per heavy atom. The average molecular weight is 275 g/mol. The molecule has 1 fully saturated rings. The minimum absolute atomic E-state index is 0.207. The van der Waals surface area contributed by atoms with Crippen LogP contribution in [0.2, 0.25) is 0 Å². The summed E-state index contributed by atoms with van der Waals surface area (Å²) in [5.41, 5.74) is 2.74. The molecule has 0 spiro atoms. The van der Waals surface area contributed by atoms with Crippen molar-refractivity contribution in [1.29, 1.82) is 0 Å². The monoisotopic (exact) mass is 275 g/mol. The van der Waals surface area contributed by atoms with E-state index in [4.69, 9.17) is 5.11 Å². The Morgan fingerprint density at radius 1 is 1.20 bits per heavy atom. The summed E-state index contributed by atoms with van der Waals surface area (Å²) in [7, 11) is 0. The fourth-order valence-corrected chi connectivity index (χ4v) is 1.96. The van der Waals surface area contributed by atoms with E-state index in [2.05, 4.69) is 10.7 Å². The molecule has 3 N–H and O–H groups in total. The molecular weight excluding hydrogens is 262 g/mol. The van der Waals surface area contributed by atoms with Crippen molar-refractivity contribution >= 4 is 11.7 Å². The number of nitrogens with zero attached hydrogens (tertiary/aromatic N) is 1. The van der Waals surface area contributed by atoms with Crippen molar-refractivity contribution in [3.63, 3.8) is 0 Å². The van der Waals surface area contributed by atoms with E-state index in [0.717, 1.165) is 23.2 Å². The molecular formula is C13H13N3O4. The SMILES string of the molecule is O=C(O)c1ccc(NC(Nn2c(=O)c2=O)C2CC2)cc1. The summed E-state index contributed by atoms with van der Waals surface area (Å²) in [5, 5.41) is 12.0. The molecule has 0 radical (unpaired) electrons. The zero-order valence-electron chi connectivity index (χ0n) is 10.5. The molecule has 0 saturated heterocycles. The van der Waals surface area contributed by atoms with Crippen LogP contribution in [0.5, 0.6) is 0 Å². The molecule has 0 amide bonds. The molecule has 1 atom stereocenters. The predicted molar refractivity (Wildman–Crippen MR) is 72.2 cm³/mol. The Labute approximate surface area is 113 Å². The number of carboxylic acid groups (broad SMARTS) is 1. The molecule has 7 nitrogen and oxygen atoms in total. The van der Waals surface area contributed by atoms with Crippen LogP contribution in [0, 0.1) is 5.92 Å². The second-order valence-corrected chi connectivity index (χ2v) is 4.92. The van der Waals surface area contributed by atoms with Gasteiger partial charge in [-0.25, -0.2) is 4.79 Å². The summed E-state index contributed by atoms with van der Waals surface area (Å²) in [6, 6.07) is 6.32. The van der Waals surface area contributed by atoms with Crippen LogP contribution in [0.1, 0.15) is 23.2 Å². The largest absolute Gasteiger partial charge is 0.478 e. The molecule has 1 aromatic carbocycles. The summed E-state index contributed by atoms with van der Waals surface area (Å²) in [6.45, 7) is 0. The Kier molecular flexibility index (Phi) is 2.81. The number of anilines is 1. The zero-order chi connectivity index (χ0) is 14.3. The first kappa shape index (κ1) is 12.5. The van der Waals surface area contributed by atoms with Gasteiger partial charge in [-0.15, -0.1) is 0 Å². The second kappa shape index (κ2) is 4.52. The van der Waals surface area contributed by atoms with E-state index in [1.54, 1.807) is 12.1 Å². The number of hydrogen-bond acceptors (Lipinski definition) is 5. The lowest BCUT2D eigenvalue weighted by Crippen LogP contribution is -2.36. The maximum Gasteiger partial charge on any atom is 0.340 e. The first-order chi connectivity index (χ1) is 9.56. The molecule has 1 aromatic heterocycles.